The summed E-state index contributed by atoms with van der Waals surface area (Å²) >= 11 is 0. The Labute approximate surface area is 154 Å². The monoisotopic (exact) mass is 354 g/mol. The van der Waals surface area contributed by atoms with Crippen LogP contribution in [0.3, 0.4) is 0 Å². The number of hydrogen-bond acceptors (Lipinski definition) is 5. The van der Waals surface area contributed by atoms with Gasteiger partial charge in [0.15, 0.2) is 0 Å². The van der Waals surface area contributed by atoms with Crippen LogP contribution < -0.4 is 5.32 Å². The van der Waals surface area contributed by atoms with Crippen LogP contribution in [0, 0.1) is 0 Å². The number of aromatic nitrogens is 3. The lowest BCUT2D eigenvalue weighted by Gasteiger charge is -2.37. The fraction of sp³-hybridized carbons (Fsp3) is 0.526. The molecule has 1 saturated carbocycles. The fourth-order valence-corrected chi connectivity index (χ4v) is 3.31. The van der Waals surface area contributed by atoms with Gasteiger partial charge in [-0.05, 0) is 31.9 Å². The van der Waals surface area contributed by atoms with Crippen LogP contribution in [-0.2, 0) is 11.3 Å². The molecule has 4 rings (SSSR count). The molecule has 2 aromatic rings. The van der Waals surface area contributed by atoms with Gasteiger partial charge in [-0.1, -0.05) is 18.2 Å². The number of benzene rings is 1. The van der Waals surface area contributed by atoms with E-state index in [0.29, 0.717) is 6.04 Å². The average Bonchev–Trinajstić information content (AvgIpc) is 3.37. The SMILES string of the molecule is CC(C(=O)NC1CC1)N1CCN(Cc2cnn(-c3ccccc3)n2)CC1. The quantitative estimate of drug-likeness (QED) is 0.840. The first-order chi connectivity index (χ1) is 12.7. The molecule has 1 aliphatic heterocycles. The molecular formula is C19H26N6O. The molecule has 1 unspecified atom stereocenters. The van der Waals surface area contributed by atoms with Gasteiger partial charge in [-0.15, -0.1) is 0 Å². The predicted octanol–water partition coefficient (Wildman–Crippen LogP) is 1.05. The molecule has 7 nitrogen and oxygen atoms in total. The van der Waals surface area contributed by atoms with Gasteiger partial charge in [0.2, 0.25) is 5.91 Å². The van der Waals surface area contributed by atoms with Gasteiger partial charge < -0.3 is 5.32 Å². The van der Waals surface area contributed by atoms with E-state index in [1.807, 2.05) is 43.5 Å². The average molecular weight is 354 g/mol. The zero-order valence-electron chi connectivity index (χ0n) is 15.2. The summed E-state index contributed by atoms with van der Waals surface area (Å²) in [5.74, 6) is 0.173. The molecule has 1 N–H and O–H groups in total. The van der Waals surface area contributed by atoms with Crippen molar-refractivity contribution in [2.75, 3.05) is 26.2 Å². The molecule has 0 radical (unpaired) electrons. The molecule has 138 valence electrons. The minimum Gasteiger partial charge on any atom is -0.352 e. The van der Waals surface area contributed by atoms with E-state index in [4.69, 9.17) is 0 Å². The molecular weight excluding hydrogens is 328 g/mol. The zero-order valence-corrected chi connectivity index (χ0v) is 15.2. The molecule has 0 bridgehead atoms. The summed E-state index contributed by atoms with van der Waals surface area (Å²) < 4.78 is 0. The van der Waals surface area contributed by atoms with Crippen molar-refractivity contribution in [1.82, 2.24) is 30.1 Å². The fourth-order valence-electron chi connectivity index (χ4n) is 3.31. The van der Waals surface area contributed by atoms with Gasteiger partial charge in [-0.25, -0.2) is 0 Å². The van der Waals surface area contributed by atoms with Crippen molar-refractivity contribution in [2.45, 2.75) is 38.4 Å². The maximum Gasteiger partial charge on any atom is 0.237 e. The number of carbonyl (C=O) groups excluding carboxylic acids is 1. The van der Waals surface area contributed by atoms with Crippen LogP contribution in [0.4, 0.5) is 0 Å². The van der Waals surface area contributed by atoms with Gasteiger partial charge in [-0.2, -0.15) is 15.0 Å². The topological polar surface area (TPSA) is 66.3 Å². The molecule has 1 atom stereocenters. The molecule has 1 amide bonds. The second kappa shape index (κ2) is 7.55. The summed E-state index contributed by atoms with van der Waals surface area (Å²) in [6, 6.07) is 10.3. The highest BCUT2D eigenvalue weighted by molar-refractivity contribution is 5.81. The molecule has 1 aliphatic carbocycles. The Hall–Kier alpha value is -2.25. The molecule has 1 saturated heterocycles. The van der Waals surface area contributed by atoms with E-state index in [-0.39, 0.29) is 11.9 Å². The number of amides is 1. The maximum atomic E-state index is 12.2. The lowest BCUT2D eigenvalue weighted by atomic mass is 10.2. The number of hydrogen-bond donors (Lipinski definition) is 1. The first-order valence-corrected chi connectivity index (χ1v) is 9.42. The first-order valence-electron chi connectivity index (χ1n) is 9.42. The van der Waals surface area contributed by atoms with Crippen LogP contribution in [0.25, 0.3) is 5.69 Å². The normalized spacial score (nSPS) is 20.0. The number of rotatable bonds is 6. The lowest BCUT2D eigenvalue weighted by molar-refractivity contribution is -0.126. The van der Waals surface area contributed by atoms with E-state index in [1.54, 1.807) is 4.80 Å². The predicted molar refractivity (Wildman–Crippen MR) is 98.8 cm³/mol. The van der Waals surface area contributed by atoms with Crippen LogP contribution in [0.2, 0.25) is 0 Å². The summed E-state index contributed by atoms with van der Waals surface area (Å²) in [6.07, 6.45) is 4.11. The summed E-state index contributed by atoms with van der Waals surface area (Å²) in [5.41, 5.74) is 1.95. The van der Waals surface area contributed by atoms with Crippen LogP contribution in [0.1, 0.15) is 25.5 Å². The Morgan fingerprint density at radius 1 is 1.19 bits per heavy atom. The minimum atomic E-state index is -0.0447. The third-order valence-corrected chi connectivity index (χ3v) is 5.17. The van der Waals surface area contributed by atoms with Crippen LogP contribution >= 0.6 is 0 Å². The Morgan fingerprint density at radius 3 is 2.62 bits per heavy atom. The second-order valence-corrected chi connectivity index (χ2v) is 7.23. The molecule has 2 fully saturated rings. The van der Waals surface area contributed by atoms with Crippen molar-refractivity contribution in [1.29, 1.82) is 0 Å². The number of piperazine rings is 1. The molecule has 2 aliphatic rings. The minimum absolute atomic E-state index is 0.0447. The van der Waals surface area contributed by atoms with Crippen molar-refractivity contribution < 1.29 is 4.79 Å². The second-order valence-electron chi connectivity index (χ2n) is 7.23. The number of nitrogens with zero attached hydrogens (tertiary/aromatic N) is 5. The van der Waals surface area contributed by atoms with Crippen molar-refractivity contribution >= 4 is 5.91 Å². The van der Waals surface area contributed by atoms with E-state index in [2.05, 4.69) is 25.3 Å². The third kappa shape index (κ3) is 4.11. The third-order valence-electron chi connectivity index (χ3n) is 5.17. The smallest absolute Gasteiger partial charge is 0.237 e. The van der Waals surface area contributed by atoms with Crippen molar-refractivity contribution in [2.24, 2.45) is 0 Å². The molecule has 2 heterocycles. The van der Waals surface area contributed by atoms with Gasteiger partial charge in [0.25, 0.3) is 0 Å². The van der Waals surface area contributed by atoms with E-state index < -0.39 is 0 Å². The number of nitrogens with one attached hydrogen (secondary N) is 1. The van der Waals surface area contributed by atoms with E-state index >= 15 is 0 Å². The standard InChI is InChI=1S/C19H26N6O/c1-15(19(26)21-16-7-8-16)24-11-9-23(10-12-24)14-17-13-20-25(22-17)18-5-3-2-4-6-18/h2-6,13,15-16H,7-12,14H2,1H3,(H,21,26). The highest BCUT2D eigenvalue weighted by Crippen LogP contribution is 2.19. The molecule has 7 heteroatoms. The Morgan fingerprint density at radius 2 is 1.92 bits per heavy atom. The van der Waals surface area contributed by atoms with Gasteiger partial charge >= 0.3 is 0 Å². The zero-order chi connectivity index (χ0) is 17.9. The summed E-state index contributed by atoms with van der Waals surface area (Å²) in [6.45, 7) is 6.51. The van der Waals surface area contributed by atoms with Gasteiger partial charge in [0, 0.05) is 38.8 Å². The number of para-hydroxylation sites is 1. The summed E-state index contributed by atoms with van der Waals surface area (Å²) in [5, 5.41) is 12.1. The van der Waals surface area contributed by atoms with E-state index in [1.165, 1.54) is 0 Å². The van der Waals surface area contributed by atoms with Crippen LogP contribution in [-0.4, -0.2) is 69.0 Å². The van der Waals surface area contributed by atoms with E-state index in [9.17, 15) is 4.79 Å². The Balaban J connectivity index is 1.27. The molecule has 1 aromatic carbocycles. The van der Waals surface area contributed by atoms with Gasteiger partial charge in [-0.3, -0.25) is 14.6 Å². The molecule has 0 spiro atoms. The Bertz CT molecular complexity index is 733. The first kappa shape index (κ1) is 17.2. The summed E-state index contributed by atoms with van der Waals surface area (Å²) in [4.78, 5) is 18.5. The van der Waals surface area contributed by atoms with Gasteiger partial charge in [0.05, 0.1) is 23.6 Å². The summed E-state index contributed by atoms with van der Waals surface area (Å²) in [7, 11) is 0. The van der Waals surface area contributed by atoms with Crippen molar-refractivity contribution in [3.63, 3.8) is 0 Å². The molecule has 1 aromatic heterocycles. The highest BCUT2D eigenvalue weighted by atomic mass is 16.2. The number of carbonyl (C=O) groups is 1. The van der Waals surface area contributed by atoms with E-state index in [0.717, 1.165) is 56.9 Å². The van der Waals surface area contributed by atoms with Crippen LogP contribution in [0.5, 0.6) is 0 Å². The van der Waals surface area contributed by atoms with Crippen LogP contribution in [0.15, 0.2) is 36.5 Å². The lowest BCUT2D eigenvalue weighted by Crippen LogP contribution is -2.53. The largest absolute Gasteiger partial charge is 0.352 e. The van der Waals surface area contributed by atoms with Crippen molar-refractivity contribution in [3.8, 4) is 5.69 Å². The van der Waals surface area contributed by atoms with Gasteiger partial charge in [0.1, 0.15) is 0 Å². The molecule has 26 heavy (non-hydrogen) atoms. The Kier molecular flexibility index (Phi) is 4.99. The highest BCUT2D eigenvalue weighted by Gasteiger charge is 2.30. The maximum absolute atomic E-state index is 12.2. The van der Waals surface area contributed by atoms with Crippen molar-refractivity contribution in [3.05, 3.63) is 42.2 Å².